The van der Waals surface area contributed by atoms with Crippen molar-refractivity contribution >= 4 is 10.0 Å². The molecule has 1 N–H and O–H groups in total. The SMILES string of the molecule is O=S(=O)(c1c(F)cc(F)cc1F)N1CCC[C@H]1CO. The molecule has 106 valence electrons. The van der Waals surface area contributed by atoms with E-state index in [1.165, 1.54) is 0 Å². The van der Waals surface area contributed by atoms with E-state index >= 15 is 0 Å². The maximum Gasteiger partial charge on any atom is 0.249 e. The van der Waals surface area contributed by atoms with Crippen LogP contribution in [-0.4, -0.2) is 37.0 Å². The molecular weight excluding hydrogens is 283 g/mol. The minimum Gasteiger partial charge on any atom is -0.395 e. The minimum atomic E-state index is -4.42. The van der Waals surface area contributed by atoms with Gasteiger partial charge in [0.25, 0.3) is 0 Å². The lowest BCUT2D eigenvalue weighted by molar-refractivity contribution is 0.213. The summed E-state index contributed by atoms with van der Waals surface area (Å²) in [6.45, 7) is -0.354. The maximum absolute atomic E-state index is 13.5. The van der Waals surface area contributed by atoms with Crippen LogP contribution in [0.2, 0.25) is 0 Å². The summed E-state index contributed by atoms with van der Waals surface area (Å²) in [5, 5.41) is 9.08. The highest BCUT2D eigenvalue weighted by atomic mass is 32.2. The van der Waals surface area contributed by atoms with Gasteiger partial charge in [-0.3, -0.25) is 0 Å². The number of halogens is 3. The molecule has 1 fully saturated rings. The lowest BCUT2D eigenvalue weighted by atomic mass is 10.2. The van der Waals surface area contributed by atoms with Crippen LogP contribution < -0.4 is 0 Å². The molecule has 1 aromatic rings. The fourth-order valence-corrected chi connectivity index (χ4v) is 3.98. The Hall–Kier alpha value is -1.12. The summed E-state index contributed by atoms with van der Waals surface area (Å²) in [6, 6.07) is -0.0613. The quantitative estimate of drug-likeness (QED) is 0.913. The highest BCUT2D eigenvalue weighted by Crippen LogP contribution is 2.29. The zero-order valence-corrected chi connectivity index (χ0v) is 10.6. The molecular formula is C11H12F3NO3S. The first-order valence-corrected chi connectivity index (χ1v) is 7.09. The van der Waals surface area contributed by atoms with Crippen molar-refractivity contribution in [2.75, 3.05) is 13.2 Å². The molecule has 0 aliphatic carbocycles. The molecule has 1 heterocycles. The van der Waals surface area contributed by atoms with Gasteiger partial charge >= 0.3 is 0 Å². The Morgan fingerprint density at radius 2 is 1.84 bits per heavy atom. The number of hydrogen-bond donors (Lipinski definition) is 1. The summed E-state index contributed by atoms with van der Waals surface area (Å²) in [7, 11) is -4.42. The van der Waals surface area contributed by atoms with Crippen LogP contribution in [0.25, 0.3) is 0 Å². The van der Waals surface area contributed by atoms with Gasteiger partial charge in [0.15, 0.2) is 4.90 Å². The Bertz CT molecular complexity index is 568. The summed E-state index contributed by atoms with van der Waals surface area (Å²) >= 11 is 0. The van der Waals surface area contributed by atoms with Crippen molar-refractivity contribution in [2.45, 2.75) is 23.8 Å². The van der Waals surface area contributed by atoms with Crippen molar-refractivity contribution in [3.8, 4) is 0 Å². The van der Waals surface area contributed by atoms with E-state index in [9.17, 15) is 21.6 Å². The molecule has 0 bridgehead atoms. The zero-order valence-electron chi connectivity index (χ0n) is 9.81. The highest BCUT2D eigenvalue weighted by Gasteiger charge is 2.38. The van der Waals surface area contributed by atoms with Gasteiger partial charge in [0.2, 0.25) is 10.0 Å². The maximum atomic E-state index is 13.5. The number of nitrogens with zero attached hydrogens (tertiary/aromatic N) is 1. The average molecular weight is 295 g/mol. The summed E-state index contributed by atoms with van der Waals surface area (Å²) in [5.41, 5.74) is 0. The van der Waals surface area contributed by atoms with E-state index in [1.54, 1.807) is 0 Å². The van der Waals surface area contributed by atoms with Crippen molar-refractivity contribution in [3.05, 3.63) is 29.6 Å². The fraction of sp³-hybridized carbons (Fsp3) is 0.455. The van der Waals surface area contributed by atoms with Gasteiger partial charge in [-0.05, 0) is 12.8 Å². The van der Waals surface area contributed by atoms with Gasteiger partial charge in [0.05, 0.1) is 6.61 Å². The van der Waals surface area contributed by atoms with Crippen LogP contribution in [0.1, 0.15) is 12.8 Å². The van der Waals surface area contributed by atoms with E-state index in [2.05, 4.69) is 0 Å². The number of sulfonamides is 1. The van der Waals surface area contributed by atoms with E-state index in [0.717, 1.165) is 4.31 Å². The minimum absolute atomic E-state index is 0.0732. The van der Waals surface area contributed by atoms with Crippen LogP contribution in [-0.2, 0) is 10.0 Å². The third-order valence-corrected chi connectivity index (χ3v) is 5.07. The normalized spacial score (nSPS) is 20.9. The molecule has 1 aliphatic heterocycles. The van der Waals surface area contributed by atoms with Gasteiger partial charge in [0.1, 0.15) is 17.5 Å². The lowest BCUT2D eigenvalue weighted by Crippen LogP contribution is -2.38. The summed E-state index contributed by atoms with van der Waals surface area (Å²) < 4.78 is 65.1. The molecule has 1 atom stereocenters. The standard InChI is InChI=1S/C11H12F3NO3S/c12-7-4-9(13)11(10(14)5-7)19(17,18)15-3-1-2-8(15)6-16/h4-5,8,16H,1-3,6H2/t8-/m0/s1. The smallest absolute Gasteiger partial charge is 0.249 e. The average Bonchev–Trinajstić information content (AvgIpc) is 2.75. The van der Waals surface area contributed by atoms with Gasteiger partial charge in [-0.2, -0.15) is 4.31 Å². The first-order valence-electron chi connectivity index (χ1n) is 5.65. The molecule has 0 spiro atoms. The van der Waals surface area contributed by atoms with Crippen LogP contribution in [0, 0.1) is 17.5 Å². The number of rotatable bonds is 3. The molecule has 0 radical (unpaired) electrons. The summed E-state index contributed by atoms with van der Waals surface area (Å²) in [4.78, 5) is -1.17. The Balaban J connectivity index is 2.51. The van der Waals surface area contributed by atoms with Crippen molar-refractivity contribution in [2.24, 2.45) is 0 Å². The summed E-state index contributed by atoms with van der Waals surface area (Å²) in [5.74, 6) is -4.13. The molecule has 0 amide bonds. The van der Waals surface area contributed by atoms with Crippen LogP contribution in [0.15, 0.2) is 17.0 Å². The second-order valence-corrected chi connectivity index (χ2v) is 6.12. The van der Waals surface area contributed by atoms with E-state index in [1.807, 2.05) is 0 Å². The molecule has 19 heavy (non-hydrogen) atoms. The van der Waals surface area contributed by atoms with Crippen LogP contribution in [0.3, 0.4) is 0 Å². The van der Waals surface area contributed by atoms with Gasteiger partial charge in [-0.25, -0.2) is 21.6 Å². The highest BCUT2D eigenvalue weighted by molar-refractivity contribution is 7.89. The number of aliphatic hydroxyl groups is 1. The van der Waals surface area contributed by atoms with E-state index in [0.29, 0.717) is 25.0 Å². The van der Waals surface area contributed by atoms with Gasteiger partial charge in [-0.1, -0.05) is 0 Å². The van der Waals surface area contributed by atoms with Gasteiger partial charge in [0, 0.05) is 24.7 Å². The Morgan fingerprint density at radius 3 is 2.37 bits per heavy atom. The monoisotopic (exact) mass is 295 g/mol. The third-order valence-electron chi connectivity index (χ3n) is 3.06. The molecule has 0 saturated carbocycles. The van der Waals surface area contributed by atoms with Crippen molar-refractivity contribution < 1.29 is 26.7 Å². The van der Waals surface area contributed by atoms with E-state index in [4.69, 9.17) is 5.11 Å². The first kappa shape index (κ1) is 14.3. The molecule has 1 aromatic carbocycles. The largest absolute Gasteiger partial charge is 0.395 e. The Labute approximate surface area is 108 Å². The Kier molecular flexibility index (Phi) is 3.84. The molecule has 4 nitrogen and oxygen atoms in total. The second-order valence-electron chi connectivity index (χ2n) is 4.29. The van der Waals surface area contributed by atoms with Crippen molar-refractivity contribution in [1.29, 1.82) is 0 Å². The molecule has 2 rings (SSSR count). The number of hydrogen-bond acceptors (Lipinski definition) is 3. The predicted octanol–water partition coefficient (Wildman–Crippen LogP) is 1.25. The molecule has 1 aliphatic rings. The third kappa shape index (κ3) is 2.47. The van der Waals surface area contributed by atoms with Crippen LogP contribution >= 0.6 is 0 Å². The second kappa shape index (κ2) is 5.10. The van der Waals surface area contributed by atoms with Gasteiger partial charge < -0.3 is 5.11 Å². The van der Waals surface area contributed by atoms with Crippen molar-refractivity contribution in [3.63, 3.8) is 0 Å². The van der Waals surface area contributed by atoms with E-state index < -0.39 is 45.0 Å². The number of aliphatic hydroxyl groups excluding tert-OH is 1. The Morgan fingerprint density at radius 1 is 1.26 bits per heavy atom. The van der Waals surface area contributed by atoms with E-state index in [-0.39, 0.29) is 6.54 Å². The first-order chi connectivity index (χ1) is 8.87. The van der Waals surface area contributed by atoms with Crippen LogP contribution in [0.5, 0.6) is 0 Å². The zero-order chi connectivity index (χ0) is 14.2. The summed E-state index contributed by atoms with van der Waals surface area (Å²) in [6.07, 6.45) is 0.912. The number of benzene rings is 1. The van der Waals surface area contributed by atoms with Crippen LogP contribution in [0.4, 0.5) is 13.2 Å². The molecule has 8 heteroatoms. The van der Waals surface area contributed by atoms with Gasteiger partial charge in [-0.15, -0.1) is 0 Å². The van der Waals surface area contributed by atoms with Crippen molar-refractivity contribution in [1.82, 2.24) is 4.31 Å². The lowest BCUT2D eigenvalue weighted by Gasteiger charge is -2.22. The molecule has 0 unspecified atom stereocenters. The molecule has 1 saturated heterocycles. The predicted molar refractivity (Wildman–Crippen MR) is 60.3 cm³/mol. The molecule has 0 aromatic heterocycles. The fourth-order valence-electron chi connectivity index (χ4n) is 2.20. The topological polar surface area (TPSA) is 57.6 Å².